The second-order valence-electron chi connectivity index (χ2n) is 5.02. The number of nitrogens with zero attached hydrogens (tertiary/aromatic N) is 1. The highest BCUT2D eigenvalue weighted by Gasteiger charge is 2.05. The second-order valence-corrected chi connectivity index (χ2v) is 5.02. The molecule has 0 unspecified atom stereocenters. The van der Waals surface area contributed by atoms with Crippen molar-refractivity contribution in [2.24, 2.45) is 0 Å². The fourth-order valence-corrected chi connectivity index (χ4v) is 2.24. The molecule has 24 heavy (non-hydrogen) atoms. The SMILES string of the molecule is C=CCN(CC=C)Cc1cccc2ccccc12.O=C(O)C(=O)O. The zero-order chi connectivity index (χ0) is 17.9. The smallest absolute Gasteiger partial charge is 0.414 e. The first-order chi connectivity index (χ1) is 11.5. The lowest BCUT2D eigenvalue weighted by molar-refractivity contribution is -0.159. The van der Waals surface area contributed by atoms with Gasteiger partial charge in [-0.15, -0.1) is 13.2 Å². The summed E-state index contributed by atoms with van der Waals surface area (Å²) in [6, 6.07) is 15.0. The number of rotatable bonds is 6. The molecule has 2 rings (SSSR count). The number of fused-ring (bicyclic) bond motifs is 1. The minimum Gasteiger partial charge on any atom is -0.473 e. The first-order valence-electron chi connectivity index (χ1n) is 7.36. The zero-order valence-electron chi connectivity index (χ0n) is 13.4. The van der Waals surface area contributed by atoms with E-state index in [9.17, 15) is 0 Å². The van der Waals surface area contributed by atoms with Gasteiger partial charge in [0.2, 0.25) is 0 Å². The predicted molar refractivity (Wildman–Crippen MR) is 94.9 cm³/mol. The molecule has 0 radical (unpaired) electrons. The van der Waals surface area contributed by atoms with E-state index in [0.717, 1.165) is 19.6 Å². The fraction of sp³-hybridized carbons (Fsp3) is 0.158. The third-order valence-electron chi connectivity index (χ3n) is 3.23. The Balaban J connectivity index is 0.000000413. The average Bonchev–Trinajstić information content (AvgIpc) is 2.56. The fourth-order valence-electron chi connectivity index (χ4n) is 2.24. The van der Waals surface area contributed by atoms with Crippen molar-refractivity contribution >= 4 is 22.7 Å². The molecule has 0 heterocycles. The Morgan fingerprint density at radius 2 is 1.46 bits per heavy atom. The van der Waals surface area contributed by atoms with Crippen LogP contribution in [-0.2, 0) is 16.1 Å². The van der Waals surface area contributed by atoms with Crippen LogP contribution in [0.25, 0.3) is 10.8 Å². The van der Waals surface area contributed by atoms with Gasteiger partial charge in [-0.2, -0.15) is 0 Å². The molecule has 5 heteroatoms. The van der Waals surface area contributed by atoms with Crippen molar-refractivity contribution in [1.82, 2.24) is 4.90 Å². The number of aliphatic carboxylic acids is 2. The van der Waals surface area contributed by atoms with E-state index in [0.29, 0.717) is 0 Å². The molecule has 0 saturated heterocycles. The molecule has 0 atom stereocenters. The van der Waals surface area contributed by atoms with Gasteiger partial charge in [0.05, 0.1) is 0 Å². The summed E-state index contributed by atoms with van der Waals surface area (Å²) in [7, 11) is 0. The summed E-state index contributed by atoms with van der Waals surface area (Å²) in [6.07, 6.45) is 3.88. The van der Waals surface area contributed by atoms with Crippen LogP contribution in [-0.4, -0.2) is 40.1 Å². The highest BCUT2D eigenvalue weighted by atomic mass is 16.4. The first-order valence-corrected chi connectivity index (χ1v) is 7.36. The molecule has 2 aromatic carbocycles. The zero-order valence-corrected chi connectivity index (χ0v) is 13.4. The monoisotopic (exact) mass is 327 g/mol. The summed E-state index contributed by atoms with van der Waals surface area (Å²) >= 11 is 0. The number of carboxylic acids is 2. The quantitative estimate of drug-likeness (QED) is 0.629. The Labute approximate surface area is 141 Å². The van der Waals surface area contributed by atoms with Gasteiger partial charge in [0.1, 0.15) is 0 Å². The van der Waals surface area contributed by atoms with Crippen molar-refractivity contribution in [3.05, 3.63) is 73.3 Å². The van der Waals surface area contributed by atoms with Crippen molar-refractivity contribution in [3.8, 4) is 0 Å². The lowest BCUT2D eigenvalue weighted by atomic mass is 10.0. The van der Waals surface area contributed by atoms with Crippen molar-refractivity contribution in [1.29, 1.82) is 0 Å². The first kappa shape index (κ1) is 19.1. The third kappa shape index (κ3) is 6.06. The van der Waals surface area contributed by atoms with Gasteiger partial charge in [0, 0.05) is 19.6 Å². The van der Waals surface area contributed by atoms with Crippen LogP contribution < -0.4 is 0 Å². The largest absolute Gasteiger partial charge is 0.473 e. The normalized spacial score (nSPS) is 9.88. The van der Waals surface area contributed by atoms with Gasteiger partial charge in [-0.1, -0.05) is 54.6 Å². The van der Waals surface area contributed by atoms with Crippen LogP contribution in [0.1, 0.15) is 5.56 Å². The van der Waals surface area contributed by atoms with E-state index in [1.54, 1.807) is 0 Å². The Hall–Kier alpha value is -2.92. The summed E-state index contributed by atoms with van der Waals surface area (Å²) in [5.74, 6) is -3.65. The van der Waals surface area contributed by atoms with E-state index in [2.05, 4.69) is 60.5 Å². The van der Waals surface area contributed by atoms with Gasteiger partial charge >= 0.3 is 11.9 Å². The van der Waals surface area contributed by atoms with E-state index < -0.39 is 11.9 Å². The second kappa shape index (κ2) is 9.97. The minimum atomic E-state index is -1.82. The summed E-state index contributed by atoms with van der Waals surface area (Å²) in [5, 5.41) is 17.4. The van der Waals surface area contributed by atoms with Crippen LogP contribution in [0.15, 0.2) is 67.8 Å². The summed E-state index contributed by atoms with van der Waals surface area (Å²) in [6.45, 7) is 10.3. The lowest BCUT2D eigenvalue weighted by Crippen LogP contribution is -2.23. The maximum absolute atomic E-state index is 9.10. The molecule has 0 aliphatic carbocycles. The molecule has 0 aromatic heterocycles. The molecule has 2 N–H and O–H groups in total. The third-order valence-corrected chi connectivity index (χ3v) is 3.23. The van der Waals surface area contributed by atoms with Crippen LogP contribution in [0.5, 0.6) is 0 Å². The van der Waals surface area contributed by atoms with Crippen molar-refractivity contribution in [3.63, 3.8) is 0 Å². The molecule has 0 amide bonds. The van der Waals surface area contributed by atoms with E-state index in [-0.39, 0.29) is 0 Å². The maximum atomic E-state index is 9.10. The van der Waals surface area contributed by atoms with E-state index in [1.165, 1.54) is 16.3 Å². The molecule has 0 spiro atoms. The van der Waals surface area contributed by atoms with E-state index in [1.807, 2.05) is 12.2 Å². The highest BCUT2D eigenvalue weighted by molar-refractivity contribution is 6.27. The van der Waals surface area contributed by atoms with Gasteiger partial charge < -0.3 is 10.2 Å². The molecule has 126 valence electrons. The number of carboxylic acid groups (broad SMARTS) is 2. The molecular weight excluding hydrogens is 306 g/mol. The molecule has 0 saturated carbocycles. The average molecular weight is 327 g/mol. The number of hydrogen-bond acceptors (Lipinski definition) is 3. The van der Waals surface area contributed by atoms with Gasteiger partial charge in [-0.05, 0) is 16.3 Å². The molecule has 0 aliphatic heterocycles. The predicted octanol–water partition coefficient (Wildman–Crippen LogP) is 3.17. The molecule has 2 aromatic rings. The van der Waals surface area contributed by atoms with Crippen molar-refractivity contribution < 1.29 is 19.8 Å². The van der Waals surface area contributed by atoms with Crippen LogP contribution in [0.3, 0.4) is 0 Å². The summed E-state index contributed by atoms with van der Waals surface area (Å²) in [4.78, 5) is 20.5. The molecule has 0 fully saturated rings. The Morgan fingerprint density at radius 3 is 2.00 bits per heavy atom. The van der Waals surface area contributed by atoms with Crippen LogP contribution in [0, 0.1) is 0 Å². The molecular formula is C19H21NO4. The summed E-state index contributed by atoms with van der Waals surface area (Å²) in [5.41, 5.74) is 1.36. The number of carbonyl (C=O) groups is 2. The Bertz CT molecular complexity index is 697. The standard InChI is InChI=1S/C17H19N.C2H2O4/c1-3-12-18(13-4-2)14-16-10-7-9-15-8-5-6-11-17(15)16;3-1(4)2(5)6/h3-11H,1-2,12-14H2;(H,3,4)(H,5,6). The van der Waals surface area contributed by atoms with Gasteiger partial charge in [0.15, 0.2) is 0 Å². The molecule has 0 bridgehead atoms. The van der Waals surface area contributed by atoms with E-state index >= 15 is 0 Å². The Morgan fingerprint density at radius 1 is 0.917 bits per heavy atom. The van der Waals surface area contributed by atoms with Crippen molar-refractivity contribution in [2.75, 3.05) is 13.1 Å². The van der Waals surface area contributed by atoms with Crippen LogP contribution in [0.2, 0.25) is 0 Å². The molecule has 0 aliphatic rings. The number of hydrogen-bond donors (Lipinski definition) is 2. The van der Waals surface area contributed by atoms with Gasteiger partial charge in [0.25, 0.3) is 0 Å². The Kier molecular flexibility index (Phi) is 7.94. The summed E-state index contributed by atoms with van der Waals surface area (Å²) < 4.78 is 0. The lowest BCUT2D eigenvalue weighted by Gasteiger charge is -2.19. The van der Waals surface area contributed by atoms with E-state index in [4.69, 9.17) is 19.8 Å². The highest BCUT2D eigenvalue weighted by Crippen LogP contribution is 2.19. The van der Waals surface area contributed by atoms with Crippen LogP contribution >= 0.6 is 0 Å². The molecule has 5 nitrogen and oxygen atoms in total. The van der Waals surface area contributed by atoms with Gasteiger partial charge in [-0.3, -0.25) is 4.90 Å². The topological polar surface area (TPSA) is 77.8 Å². The van der Waals surface area contributed by atoms with Gasteiger partial charge in [-0.25, -0.2) is 9.59 Å². The maximum Gasteiger partial charge on any atom is 0.414 e. The number of benzene rings is 2. The van der Waals surface area contributed by atoms with Crippen LogP contribution in [0.4, 0.5) is 0 Å². The minimum absolute atomic E-state index is 0.884. The van der Waals surface area contributed by atoms with Crippen molar-refractivity contribution in [2.45, 2.75) is 6.54 Å².